The second-order valence-corrected chi connectivity index (χ2v) is 5.77. The summed E-state index contributed by atoms with van der Waals surface area (Å²) in [5.41, 5.74) is 8.17. The number of halogens is 1. The van der Waals surface area contributed by atoms with Crippen molar-refractivity contribution in [2.24, 2.45) is 21.7 Å². The highest BCUT2D eigenvalue weighted by Gasteiger charge is 2.08. The molecular weight excluding hydrogens is 359 g/mol. The average molecular weight is 380 g/mol. The number of hydrazone groups is 1. The van der Waals surface area contributed by atoms with Crippen molar-refractivity contribution in [1.29, 1.82) is 5.41 Å². The molecule has 0 saturated heterocycles. The lowest BCUT2D eigenvalue weighted by molar-refractivity contribution is -0.114. The number of nitrogens with zero attached hydrogens (tertiary/aromatic N) is 2. The zero-order valence-corrected chi connectivity index (χ0v) is 15.1. The van der Waals surface area contributed by atoms with Crippen molar-refractivity contribution in [3.8, 4) is 0 Å². The molecule has 0 atom stereocenters. The van der Waals surface area contributed by atoms with Gasteiger partial charge in [-0.15, -0.1) is 0 Å². The number of hydrogen-bond donors (Lipinski definition) is 4. The fraction of sp³-hybridized carbons (Fsp3) is 0.100. The standard InChI is InChI=1S/C20H21FN6O/c21-17-10-6-14(7-11-17)2-1-3-18(26-13-22)20(28)25-12-15-4-8-16(9-5-15)19(23)27-24/h1,3-11,13,22H,2,12,24H2,(H2,23,27)(H,25,28)/b3-1+,22-13?,26-18?. The summed E-state index contributed by atoms with van der Waals surface area (Å²) < 4.78 is 12.9. The monoisotopic (exact) mass is 380 g/mol. The lowest BCUT2D eigenvalue weighted by Crippen LogP contribution is -2.29. The number of carbonyl (C=O) groups excluding carboxylic acids is 1. The van der Waals surface area contributed by atoms with E-state index in [9.17, 15) is 9.18 Å². The van der Waals surface area contributed by atoms with Crippen LogP contribution in [-0.4, -0.2) is 23.8 Å². The molecule has 0 saturated carbocycles. The summed E-state index contributed by atoms with van der Waals surface area (Å²) in [7, 11) is 0. The van der Waals surface area contributed by atoms with E-state index in [0.29, 0.717) is 12.0 Å². The van der Waals surface area contributed by atoms with Gasteiger partial charge in [0, 0.05) is 12.1 Å². The molecule has 0 radical (unpaired) electrons. The quantitative estimate of drug-likeness (QED) is 0.241. The molecule has 2 aromatic rings. The maximum atomic E-state index is 12.9. The lowest BCUT2D eigenvalue weighted by Gasteiger charge is -2.06. The molecule has 2 aromatic carbocycles. The van der Waals surface area contributed by atoms with Crippen molar-refractivity contribution < 1.29 is 9.18 Å². The Balaban J connectivity index is 1.95. The molecule has 0 aliphatic heterocycles. The Morgan fingerprint density at radius 2 is 1.75 bits per heavy atom. The van der Waals surface area contributed by atoms with Gasteiger partial charge in [-0.2, -0.15) is 5.10 Å². The number of nitrogens with one attached hydrogen (secondary N) is 2. The van der Waals surface area contributed by atoms with E-state index in [4.69, 9.17) is 17.0 Å². The van der Waals surface area contributed by atoms with Gasteiger partial charge in [-0.05, 0) is 35.8 Å². The third-order valence-corrected chi connectivity index (χ3v) is 3.82. The summed E-state index contributed by atoms with van der Waals surface area (Å²) in [5.74, 6) is 4.65. The fourth-order valence-corrected chi connectivity index (χ4v) is 2.31. The van der Waals surface area contributed by atoms with Crippen LogP contribution in [0.3, 0.4) is 0 Å². The van der Waals surface area contributed by atoms with Gasteiger partial charge < -0.3 is 16.9 Å². The topological polar surface area (TPSA) is 130 Å². The fourth-order valence-electron chi connectivity index (χ4n) is 2.31. The SMILES string of the molecule is N=CN=C(/C=C/Cc1ccc(F)cc1)C(=O)NCc1ccc(/C(N)=N/N)cc1. The van der Waals surface area contributed by atoms with E-state index < -0.39 is 5.91 Å². The van der Waals surface area contributed by atoms with Crippen molar-refractivity contribution in [3.05, 3.63) is 83.2 Å². The first-order chi connectivity index (χ1) is 13.5. The van der Waals surface area contributed by atoms with Crippen molar-refractivity contribution in [2.75, 3.05) is 0 Å². The molecule has 8 heteroatoms. The normalized spacial score (nSPS) is 12.2. The summed E-state index contributed by atoms with van der Waals surface area (Å²) >= 11 is 0. The molecule has 0 aliphatic carbocycles. The number of hydrogen-bond acceptors (Lipinski definition) is 4. The second-order valence-electron chi connectivity index (χ2n) is 5.77. The number of rotatable bonds is 8. The maximum Gasteiger partial charge on any atom is 0.270 e. The summed E-state index contributed by atoms with van der Waals surface area (Å²) in [6, 6.07) is 13.2. The molecule has 28 heavy (non-hydrogen) atoms. The van der Waals surface area contributed by atoms with Crippen LogP contribution in [-0.2, 0) is 17.8 Å². The van der Waals surface area contributed by atoms with E-state index in [-0.39, 0.29) is 23.9 Å². The minimum atomic E-state index is -0.411. The molecule has 1 amide bonds. The number of amidine groups is 1. The highest BCUT2D eigenvalue weighted by molar-refractivity contribution is 6.44. The first-order valence-corrected chi connectivity index (χ1v) is 8.42. The van der Waals surface area contributed by atoms with Crippen molar-refractivity contribution >= 4 is 23.8 Å². The van der Waals surface area contributed by atoms with Gasteiger partial charge in [0.15, 0.2) is 0 Å². The molecule has 144 valence electrons. The van der Waals surface area contributed by atoms with Crippen LogP contribution in [0.2, 0.25) is 0 Å². The molecular formula is C20H21FN6O. The Kier molecular flexibility index (Phi) is 7.59. The van der Waals surface area contributed by atoms with Crippen molar-refractivity contribution in [2.45, 2.75) is 13.0 Å². The lowest BCUT2D eigenvalue weighted by atomic mass is 10.1. The summed E-state index contributed by atoms with van der Waals surface area (Å²) in [6.45, 7) is 0.279. The van der Waals surface area contributed by atoms with Gasteiger partial charge in [-0.25, -0.2) is 9.38 Å². The number of aliphatic imine (C=N–C) groups is 1. The van der Waals surface area contributed by atoms with Crippen LogP contribution < -0.4 is 16.9 Å². The third kappa shape index (κ3) is 6.17. The highest BCUT2D eigenvalue weighted by atomic mass is 19.1. The molecule has 0 unspecified atom stereocenters. The molecule has 0 fully saturated rings. The molecule has 0 heterocycles. The molecule has 0 aromatic heterocycles. The Labute approximate surface area is 162 Å². The number of amides is 1. The summed E-state index contributed by atoms with van der Waals surface area (Å²) in [6.07, 6.45) is 4.58. The van der Waals surface area contributed by atoms with Crippen molar-refractivity contribution in [3.63, 3.8) is 0 Å². The molecule has 6 N–H and O–H groups in total. The van der Waals surface area contributed by atoms with Crippen LogP contribution in [0.5, 0.6) is 0 Å². The minimum Gasteiger partial charge on any atom is -0.382 e. The van der Waals surface area contributed by atoms with Gasteiger partial charge in [-0.1, -0.05) is 42.5 Å². The summed E-state index contributed by atoms with van der Waals surface area (Å²) in [5, 5.41) is 13.3. The van der Waals surface area contributed by atoms with E-state index >= 15 is 0 Å². The highest BCUT2D eigenvalue weighted by Crippen LogP contribution is 2.05. The molecule has 0 aliphatic rings. The molecule has 7 nitrogen and oxygen atoms in total. The van der Waals surface area contributed by atoms with Gasteiger partial charge in [0.05, 0.1) is 0 Å². The van der Waals surface area contributed by atoms with Crippen LogP contribution in [0.15, 0.2) is 70.8 Å². The van der Waals surface area contributed by atoms with Gasteiger partial charge >= 0.3 is 0 Å². The molecule has 0 spiro atoms. The predicted octanol–water partition coefficient (Wildman–Crippen LogP) is 1.87. The number of carbonyl (C=O) groups is 1. The Morgan fingerprint density at radius 1 is 1.11 bits per heavy atom. The van der Waals surface area contributed by atoms with E-state index in [1.54, 1.807) is 42.5 Å². The van der Waals surface area contributed by atoms with Gasteiger partial charge in [0.25, 0.3) is 5.91 Å². The minimum absolute atomic E-state index is 0.105. The van der Waals surface area contributed by atoms with E-state index in [2.05, 4.69) is 15.4 Å². The number of nitrogens with two attached hydrogens (primary N) is 2. The first-order valence-electron chi connectivity index (χ1n) is 8.42. The van der Waals surface area contributed by atoms with Gasteiger partial charge in [0.2, 0.25) is 0 Å². The molecule has 0 bridgehead atoms. The van der Waals surface area contributed by atoms with Gasteiger partial charge in [0.1, 0.15) is 23.7 Å². The zero-order valence-electron chi connectivity index (χ0n) is 15.1. The van der Waals surface area contributed by atoms with Crippen molar-refractivity contribution in [1.82, 2.24) is 5.32 Å². The second kappa shape index (κ2) is 10.4. The van der Waals surface area contributed by atoms with E-state index in [1.807, 2.05) is 0 Å². The van der Waals surface area contributed by atoms with Crippen LogP contribution in [0.1, 0.15) is 16.7 Å². The van der Waals surface area contributed by atoms with Crippen LogP contribution in [0.25, 0.3) is 0 Å². The van der Waals surface area contributed by atoms with Crippen LogP contribution >= 0.6 is 0 Å². The predicted molar refractivity (Wildman–Crippen MR) is 109 cm³/mol. The van der Waals surface area contributed by atoms with Crippen LogP contribution in [0.4, 0.5) is 4.39 Å². The largest absolute Gasteiger partial charge is 0.382 e. The first kappa shape index (κ1) is 20.5. The zero-order chi connectivity index (χ0) is 20.4. The Morgan fingerprint density at radius 3 is 2.36 bits per heavy atom. The third-order valence-electron chi connectivity index (χ3n) is 3.82. The Bertz CT molecular complexity index is 901. The van der Waals surface area contributed by atoms with Crippen LogP contribution in [0, 0.1) is 11.2 Å². The Hall–Kier alpha value is -3.81. The smallest absolute Gasteiger partial charge is 0.270 e. The number of benzene rings is 2. The van der Waals surface area contributed by atoms with E-state index in [1.165, 1.54) is 18.2 Å². The van der Waals surface area contributed by atoms with Gasteiger partial charge in [-0.3, -0.25) is 10.2 Å². The molecule has 2 rings (SSSR count). The number of allylic oxidation sites excluding steroid dienone is 1. The summed E-state index contributed by atoms with van der Waals surface area (Å²) in [4.78, 5) is 16.1. The van der Waals surface area contributed by atoms with E-state index in [0.717, 1.165) is 17.5 Å². The maximum absolute atomic E-state index is 12.9. The average Bonchev–Trinajstić information content (AvgIpc) is 2.72.